The van der Waals surface area contributed by atoms with Crippen LogP contribution in [0.4, 0.5) is 10.5 Å². The summed E-state index contributed by atoms with van der Waals surface area (Å²) in [6.45, 7) is 4.86. The highest BCUT2D eigenvalue weighted by molar-refractivity contribution is 5.74. The summed E-state index contributed by atoms with van der Waals surface area (Å²) in [7, 11) is 0. The topological polar surface area (TPSA) is 61.8 Å². The largest absolute Gasteiger partial charge is 0.437 e. The number of carbonyl (C=O) groups excluding carboxylic acids is 1. The van der Waals surface area contributed by atoms with Crippen LogP contribution in [0.1, 0.15) is 20.8 Å². The molecule has 0 saturated carbocycles. The Balaban J connectivity index is 2.25. The fourth-order valence-electron chi connectivity index (χ4n) is 1.60. The summed E-state index contributed by atoms with van der Waals surface area (Å²) in [5, 5.41) is 11.4. The summed E-state index contributed by atoms with van der Waals surface area (Å²) >= 11 is 0. The third-order valence-electron chi connectivity index (χ3n) is 3.12. The van der Waals surface area contributed by atoms with E-state index in [9.17, 15) is 9.90 Å². The highest BCUT2D eigenvalue weighted by Gasteiger charge is 2.57. The number of nitrogens with zero attached hydrogens (tertiary/aromatic N) is 1. The lowest BCUT2D eigenvalue weighted by atomic mass is 9.97. The first-order chi connectivity index (χ1) is 7.84. The van der Waals surface area contributed by atoms with Gasteiger partial charge in [-0.05, 0) is 32.9 Å². The zero-order valence-electron chi connectivity index (χ0n) is 10.1. The van der Waals surface area contributed by atoms with Crippen molar-refractivity contribution in [2.45, 2.75) is 32.1 Å². The summed E-state index contributed by atoms with van der Waals surface area (Å²) in [5.41, 5.74) is 1.17. The lowest BCUT2D eigenvalue weighted by Crippen LogP contribution is -2.55. The second-order valence-electron chi connectivity index (χ2n) is 4.71. The van der Waals surface area contributed by atoms with E-state index in [-0.39, 0.29) is 0 Å². The van der Waals surface area contributed by atoms with E-state index in [1.54, 1.807) is 26.0 Å². The van der Waals surface area contributed by atoms with Crippen LogP contribution in [0.5, 0.6) is 0 Å². The molecule has 2 rings (SSSR count). The maximum absolute atomic E-state index is 11.7. The first kappa shape index (κ1) is 11.7. The van der Waals surface area contributed by atoms with Gasteiger partial charge in [0.15, 0.2) is 11.3 Å². The number of hydrogen-bond acceptors (Lipinski definition) is 4. The third kappa shape index (κ3) is 1.82. The minimum Gasteiger partial charge on any atom is -0.437 e. The molecular weight excluding hydrogens is 220 g/mol. The van der Waals surface area contributed by atoms with Gasteiger partial charge in [0.2, 0.25) is 0 Å². The van der Waals surface area contributed by atoms with Crippen LogP contribution in [0.2, 0.25) is 0 Å². The van der Waals surface area contributed by atoms with Gasteiger partial charge < -0.3 is 9.84 Å². The number of hydrazine groups is 1. The summed E-state index contributed by atoms with van der Waals surface area (Å²) in [4.78, 5) is 11.7. The van der Waals surface area contributed by atoms with E-state index in [0.29, 0.717) is 5.69 Å². The molecule has 1 aromatic rings. The Bertz CT molecular complexity index is 429. The maximum Gasteiger partial charge on any atom is 0.432 e. The van der Waals surface area contributed by atoms with Crippen LogP contribution in [0.25, 0.3) is 0 Å². The number of aliphatic hydroxyl groups is 1. The van der Waals surface area contributed by atoms with Crippen molar-refractivity contribution in [3.8, 4) is 0 Å². The highest BCUT2D eigenvalue weighted by Crippen LogP contribution is 2.36. The lowest BCUT2D eigenvalue weighted by Gasteiger charge is -2.34. The number of hydrogen-bond donors (Lipinski definition) is 2. The number of para-hydroxylation sites is 1. The Morgan fingerprint density at radius 3 is 2.29 bits per heavy atom. The third-order valence-corrected chi connectivity index (χ3v) is 3.12. The number of ether oxygens (including phenoxy) is 1. The molecule has 92 valence electrons. The van der Waals surface area contributed by atoms with Crippen LogP contribution in [0.15, 0.2) is 30.3 Å². The van der Waals surface area contributed by atoms with Gasteiger partial charge in [0.1, 0.15) is 0 Å². The highest BCUT2D eigenvalue weighted by atomic mass is 16.6. The summed E-state index contributed by atoms with van der Waals surface area (Å²) in [6, 6.07) is 9.14. The van der Waals surface area contributed by atoms with E-state index in [1.165, 1.54) is 6.92 Å². The van der Waals surface area contributed by atoms with Crippen LogP contribution in [0, 0.1) is 0 Å². The fourth-order valence-corrected chi connectivity index (χ4v) is 1.60. The molecular formula is C12H16N2O3. The number of rotatable bonds is 2. The molecule has 1 saturated heterocycles. The van der Waals surface area contributed by atoms with Crippen LogP contribution in [-0.2, 0) is 4.74 Å². The van der Waals surface area contributed by atoms with Crippen LogP contribution in [-0.4, -0.2) is 27.5 Å². The molecule has 1 aromatic carbocycles. The van der Waals surface area contributed by atoms with Gasteiger partial charge >= 0.3 is 6.09 Å². The minimum atomic E-state index is -1.42. The monoisotopic (exact) mass is 236 g/mol. The summed E-state index contributed by atoms with van der Waals surface area (Å²) < 4.78 is 5.12. The smallest absolute Gasteiger partial charge is 0.432 e. The molecule has 0 spiro atoms. The number of amides is 1. The Hall–Kier alpha value is -1.75. The average Bonchev–Trinajstić information content (AvgIpc) is 2.39. The van der Waals surface area contributed by atoms with E-state index in [4.69, 9.17) is 4.74 Å². The zero-order chi connectivity index (χ0) is 12.7. The first-order valence-electron chi connectivity index (χ1n) is 5.42. The maximum atomic E-state index is 11.7. The average molecular weight is 236 g/mol. The molecule has 1 aliphatic rings. The van der Waals surface area contributed by atoms with Crippen LogP contribution in [0.3, 0.4) is 0 Å². The molecule has 17 heavy (non-hydrogen) atoms. The number of anilines is 1. The molecule has 1 heterocycles. The SMILES string of the molecule is CC1(C)OC(=O)N(Nc2ccccc2)[C@@]1(C)O. The number of cyclic esters (lactones) is 1. The Morgan fingerprint density at radius 2 is 1.82 bits per heavy atom. The van der Waals surface area contributed by atoms with E-state index < -0.39 is 17.4 Å². The predicted molar refractivity (Wildman–Crippen MR) is 63.1 cm³/mol. The number of nitrogens with one attached hydrogen (secondary N) is 1. The van der Waals surface area contributed by atoms with Crippen molar-refractivity contribution in [3.63, 3.8) is 0 Å². The lowest BCUT2D eigenvalue weighted by molar-refractivity contribution is -0.121. The Labute approximate surface area is 100.0 Å². The van der Waals surface area contributed by atoms with Crippen molar-refractivity contribution >= 4 is 11.8 Å². The fraction of sp³-hybridized carbons (Fsp3) is 0.417. The first-order valence-corrected chi connectivity index (χ1v) is 5.42. The van der Waals surface area contributed by atoms with Crippen molar-refractivity contribution in [1.29, 1.82) is 0 Å². The van der Waals surface area contributed by atoms with Crippen molar-refractivity contribution in [2.24, 2.45) is 0 Å². The van der Waals surface area contributed by atoms with E-state index in [0.717, 1.165) is 5.01 Å². The molecule has 0 radical (unpaired) electrons. The molecule has 1 fully saturated rings. The van der Waals surface area contributed by atoms with Crippen LogP contribution >= 0.6 is 0 Å². The Kier molecular flexibility index (Phi) is 2.50. The van der Waals surface area contributed by atoms with E-state index >= 15 is 0 Å². The van der Waals surface area contributed by atoms with Gasteiger partial charge in [-0.1, -0.05) is 18.2 Å². The molecule has 5 heteroatoms. The Morgan fingerprint density at radius 1 is 1.24 bits per heavy atom. The molecule has 1 amide bonds. The molecule has 0 aliphatic carbocycles. The summed E-state index contributed by atoms with van der Waals surface area (Å²) in [5.74, 6) is 0. The van der Waals surface area contributed by atoms with Crippen molar-refractivity contribution < 1.29 is 14.6 Å². The number of carbonyl (C=O) groups is 1. The second-order valence-corrected chi connectivity index (χ2v) is 4.71. The normalized spacial score (nSPS) is 26.8. The molecule has 5 nitrogen and oxygen atoms in total. The molecule has 0 unspecified atom stereocenters. The number of benzene rings is 1. The standard InChI is InChI=1S/C12H16N2O3/c1-11(2)12(3,16)14(10(15)17-11)13-9-7-5-4-6-8-9/h4-8,13,16H,1-3H3/t12-/m0/s1. The molecule has 1 atom stereocenters. The van der Waals surface area contributed by atoms with Crippen molar-refractivity contribution in [3.05, 3.63) is 30.3 Å². The van der Waals surface area contributed by atoms with Gasteiger partial charge in [-0.2, -0.15) is 5.01 Å². The van der Waals surface area contributed by atoms with Gasteiger partial charge in [0.05, 0.1) is 5.69 Å². The molecule has 1 aliphatic heterocycles. The van der Waals surface area contributed by atoms with Crippen molar-refractivity contribution in [2.75, 3.05) is 5.43 Å². The van der Waals surface area contributed by atoms with Crippen molar-refractivity contribution in [1.82, 2.24) is 5.01 Å². The van der Waals surface area contributed by atoms with Gasteiger partial charge in [0.25, 0.3) is 0 Å². The zero-order valence-corrected chi connectivity index (χ0v) is 10.1. The van der Waals surface area contributed by atoms with E-state index in [1.807, 2.05) is 18.2 Å². The van der Waals surface area contributed by atoms with Gasteiger partial charge in [-0.25, -0.2) is 4.79 Å². The van der Waals surface area contributed by atoms with Gasteiger partial charge in [-0.15, -0.1) is 0 Å². The quantitative estimate of drug-likeness (QED) is 0.824. The molecule has 2 N–H and O–H groups in total. The molecule has 0 bridgehead atoms. The van der Waals surface area contributed by atoms with Gasteiger partial charge in [-0.3, -0.25) is 5.43 Å². The van der Waals surface area contributed by atoms with Gasteiger partial charge in [0, 0.05) is 0 Å². The predicted octanol–water partition coefficient (Wildman–Crippen LogP) is 1.95. The molecule has 0 aromatic heterocycles. The second kappa shape index (κ2) is 3.63. The summed E-state index contributed by atoms with van der Waals surface area (Å²) in [6.07, 6.45) is -0.594. The van der Waals surface area contributed by atoms with E-state index in [2.05, 4.69) is 5.43 Å². The van der Waals surface area contributed by atoms with Crippen LogP contribution < -0.4 is 5.43 Å². The minimum absolute atomic E-state index is 0.594.